The molecule has 0 bridgehead atoms. The summed E-state index contributed by atoms with van der Waals surface area (Å²) < 4.78 is 35.3. The van der Waals surface area contributed by atoms with Crippen LogP contribution >= 0.6 is 11.3 Å². The molecule has 172 valence electrons. The number of nitrogens with zero attached hydrogens (tertiary/aromatic N) is 2. The van der Waals surface area contributed by atoms with Crippen LogP contribution in [0.5, 0.6) is 11.5 Å². The van der Waals surface area contributed by atoms with Gasteiger partial charge in [0.15, 0.2) is 21.3 Å². The van der Waals surface area contributed by atoms with Gasteiger partial charge in [0, 0.05) is 33.0 Å². The molecule has 0 aliphatic carbocycles. The van der Waals surface area contributed by atoms with Crippen molar-refractivity contribution in [3.63, 3.8) is 0 Å². The molecule has 0 saturated heterocycles. The van der Waals surface area contributed by atoms with E-state index in [-0.39, 0.29) is 6.04 Å². The summed E-state index contributed by atoms with van der Waals surface area (Å²) in [5.74, 6) is 2.54. The molecule has 0 fully saturated rings. The van der Waals surface area contributed by atoms with Crippen molar-refractivity contribution in [2.45, 2.75) is 24.8 Å². The molecule has 0 aliphatic heterocycles. The number of hydrogen-bond donors (Lipinski definition) is 1. The molecular formula is C24H25N3O4S2. The minimum absolute atomic E-state index is 0.0697. The third-order valence-electron chi connectivity index (χ3n) is 5.27. The van der Waals surface area contributed by atoms with Crippen LogP contribution in [-0.4, -0.2) is 38.9 Å². The Hall–Kier alpha value is -3.17. The largest absolute Gasteiger partial charge is 0.493 e. The van der Waals surface area contributed by atoms with Crippen LogP contribution < -0.4 is 14.8 Å². The van der Waals surface area contributed by atoms with E-state index < -0.39 is 9.84 Å². The number of aryl methyl sites for hydroxylation is 1. The number of methoxy groups -OCH3 is 2. The van der Waals surface area contributed by atoms with Crippen molar-refractivity contribution in [1.82, 2.24) is 9.97 Å². The van der Waals surface area contributed by atoms with Gasteiger partial charge < -0.3 is 14.8 Å². The van der Waals surface area contributed by atoms with Crippen LogP contribution in [0.2, 0.25) is 0 Å². The fourth-order valence-corrected chi connectivity index (χ4v) is 5.70. The molecule has 4 aromatic rings. The minimum atomic E-state index is -3.33. The van der Waals surface area contributed by atoms with Gasteiger partial charge in [0.1, 0.15) is 11.6 Å². The van der Waals surface area contributed by atoms with Gasteiger partial charge in [-0.05, 0) is 38.1 Å². The van der Waals surface area contributed by atoms with Crippen molar-refractivity contribution < 1.29 is 17.9 Å². The number of benzene rings is 2. The van der Waals surface area contributed by atoms with Crippen LogP contribution in [0, 0.1) is 6.92 Å². The zero-order valence-corrected chi connectivity index (χ0v) is 20.7. The zero-order chi connectivity index (χ0) is 23.8. The fraction of sp³-hybridized carbons (Fsp3) is 0.250. The number of anilines is 1. The summed E-state index contributed by atoms with van der Waals surface area (Å²) in [5.41, 5.74) is 1.47. The molecule has 9 heteroatoms. The SMILES string of the molecule is COc1cc2nc(C)nc(N[C@@H](C)c3ccc(-c4ccccc4S(C)(=O)=O)s3)c2cc1OC. The van der Waals surface area contributed by atoms with E-state index in [1.165, 1.54) is 6.26 Å². The predicted molar refractivity (Wildman–Crippen MR) is 132 cm³/mol. The Balaban J connectivity index is 1.70. The molecule has 2 heterocycles. The highest BCUT2D eigenvalue weighted by atomic mass is 32.2. The van der Waals surface area contributed by atoms with Crippen LogP contribution in [0.25, 0.3) is 21.3 Å². The molecule has 0 spiro atoms. The Bertz CT molecular complexity index is 1430. The van der Waals surface area contributed by atoms with Crippen LogP contribution in [0.1, 0.15) is 23.7 Å². The van der Waals surface area contributed by atoms with Crippen LogP contribution in [-0.2, 0) is 9.84 Å². The van der Waals surface area contributed by atoms with Gasteiger partial charge in [-0.15, -0.1) is 11.3 Å². The maximum atomic E-state index is 12.2. The normalized spacial score (nSPS) is 12.5. The molecule has 2 aromatic heterocycles. The van der Waals surface area contributed by atoms with Gasteiger partial charge in [0.25, 0.3) is 0 Å². The van der Waals surface area contributed by atoms with Crippen molar-refractivity contribution in [3.05, 3.63) is 59.2 Å². The number of sulfone groups is 1. The molecule has 7 nitrogen and oxygen atoms in total. The minimum Gasteiger partial charge on any atom is -0.493 e. The summed E-state index contributed by atoms with van der Waals surface area (Å²) in [7, 11) is -0.145. The molecule has 1 N–H and O–H groups in total. The van der Waals surface area contributed by atoms with Gasteiger partial charge in [0.05, 0.1) is 30.7 Å². The van der Waals surface area contributed by atoms with Gasteiger partial charge in [0.2, 0.25) is 0 Å². The third kappa shape index (κ3) is 4.65. The first-order valence-corrected chi connectivity index (χ1v) is 13.0. The average Bonchev–Trinajstić information content (AvgIpc) is 3.28. The van der Waals surface area contributed by atoms with Crippen molar-refractivity contribution in [2.24, 2.45) is 0 Å². The smallest absolute Gasteiger partial charge is 0.176 e. The monoisotopic (exact) mass is 483 g/mol. The molecule has 33 heavy (non-hydrogen) atoms. The van der Waals surface area contributed by atoms with E-state index in [0.29, 0.717) is 33.6 Å². The Kier molecular flexibility index (Phi) is 6.27. The zero-order valence-electron chi connectivity index (χ0n) is 19.0. The summed E-state index contributed by atoms with van der Waals surface area (Å²) in [4.78, 5) is 11.4. The number of rotatable bonds is 7. The van der Waals surface area contributed by atoms with Crippen LogP contribution in [0.4, 0.5) is 5.82 Å². The summed E-state index contributed by atoms with van der Waals surface area (Å²) in [5, 5.41) is 4.31. The van der Waals surface area contributed by atoms with E-state index in [1.807, 2.05) is 50.2 Å². The summed E-state index contributed by atoms with van der Waals surface area (Å²) >= 11 is 1.55. The molecule has 2 aromatic carbocycles. The quantitative estimate of drug-likeness (QED) is 0.383. The van der Waals surface area contributed by atoms with Crippen LogP contribution in [0.15, 0.2) is 53.4 Å². The molecular weight excluding hydrogens is 458 g/mol. The fourth-order valence-electron chi connectivity index (χ4n) is 3.68. The van der Waals surface area contributed by atoms with E-state index >= 15 is 0 Å². The van der Waals surface area contributed by atoms with Gasteiger partial charge in [-0.25, -0.2) is 18.4 Å². The third-order valence-corrected chi connectivity index (χ3v) is 7.73. The topological polar surface area (TPSA) is 90.4 Å². The van der Waals surface area contributed by atoms with Gasteiger partial charge >= 0.3 is 0 Å². The molecule has 1 atom stereocenters. The molecule has 0 radical (unpaired) electrons. The molecule has 0 aliphatic rings. The Morgan fingerprint density at radius 1 is 1.00 bits per heavy atom. The first kappa shape index (κ1) is 23.0. The molecule has 4 rings (SSSR count). The predicted octanol–water partition coefficient (Wildman–Crippen LogP) is 5.26. The van der Waals surface area contributed by atoms with E-state index in [4.69, 9.17) is 9.47 Å². The van der Waals surface area contributed by atoms with E-state index in [1.54, 1.807) is 37.7 Å². The number of nitrogens with one attached hydrogen (secondary N) is 1. The Labute approximate surface area is 197 Å². The van der Waals surface area contributed by atoms with Crippen LogP contribution in [0.3, 0.4) is 0 Å². The first-order chi connectivity index (χ1) is 15.7. The Morgan fingerprint density at radius 2 is 1.70 bits per heavy atom. The first-order valence-electron chi connectivity index (χ1n) is 10.3. The van der Waals surface area contributed by atoms with E-state index in [0.717, 1.165) is 20.7 Å². The van der Waals surface area contributed by atoms with E-state index in [9.17, 15) is 8.42 Å². The lowest BCUT2D eigenvalue weighted by Gasteiger charge is -2.16. The van der Waals surface area contributed by atoms with Gasteiger partial charge in [-0.1, -0.05) is 18.2 Å². The summed E-state index contributed by atoms with van der Waals surface area (Å²) in [6.45, 7) is 3.89. The van der Waals surface area contributed by atoms with Crippen molar-refractivity contribution in [1.29, 1.82) is 0 Å². The van der Waals surface area contributed by atoms with Crippen molar-refractivity contribution in [2.75, 3.05) is 25.8 Å². The lowest BCUT2D eigenvalue weighted by molar-refractivity contribution is 0.356. The Morgan fingerprint density at radius 3 is 2.39 bits per heavy atom. The number of ether oxygens (including phenoxy) is 2. The van der Waals surface area contributed by atoms with Crippen molar-refractivity contribution in [3.8, 4) is 21.9 Å². The van der Waals surface area contributed by atoms with E-state index in [2.05, 4.69) is 15.3 Å². The summed E-state index contributed by atoms with van der Waals surface area (Å²) in [6, 6.07) is 14.7. The van der Waals surface area contributed by atoms with Gasteiger partial charge in [-0.3, -0.25) is 0 Å². The maximum absolute atomic E-state index is 12.2. The number of fused-ring (bicyclic) bond motifs is 1. The lowest BCUT2D eigenvalue weighted by Crippen LogP contribution is -2.08. The average molecular weight is 484 g/mol. The second-order valence-corrected chi connectivity index (χ2v) is 10.8. The lowest BCUT2D eigenvalue weighted by atomic mass is 10.1. The number of hydrogen-bond acceptors (Lipinski definition) is 8. The number of thiophene rings is 1. The second kappa shape index (κ2) is 8.99. The maximum Gasteiger partial charge on any atom is 0.176 e. The highest BCUT2D eigenvalue weighted by Crippen LogP contribution is 2.38. The van der Waals surface area contributed by atoms with Gasteiger partial charge in [-0.2, -0.15) is 0 Å². The standard InChI is InChI=1S/C24H25N3O4S2/c1-14(21-10-11-22(32-21)16-8-6-7-9-23(16)33(5,28)29)25-24-17-12-19(30-3)20(31-4)13-18(17)26-15(2)27-24/h6-14H,1-5H3,(H,25,26,27)/t14-/m0/s1. The second-order valence-electron chi connectivity index (χ2n) is 7.68. The highest BCUT2D eigenvalue weighted by Gasteiger charge is 2.18. The molecule has 0 amide bonds. The molecule has 0 saturated carbocycles. The highest BCUT2D eigenvalue weighted by molar-refractivity contribution is 7.90. The van der Waals surface area contributed by atoms with Crippen molar-refractivity contribution >= 4 is 37.9 Å². The summed E-state index contributed by atoms with van der Waals surface area (Å²) in [6.07, 6.45) is 1.23. The number of aromatic nitrogens is 2. The molecule has 0 unspecified atom stereocenters.